The number of allylic oxidation sites excluding steroid dienone is 1. The number of hydrogen-bond acceptors (Lipinski definition) is 2. The number of hydrogen-bond donors (Lipinski definition) is 2. The maximum Gasteiger partial charge on any atom is 0.0254 e. The van der Waals surface area contributed by atoms with Crippen LogP contribution in [0.1, 0.15) is 18.4 Å². The zero-order valence-electron chi connectivity index (χ0n) is 10.6. The summed E-state index contributed by atoms with van der Waals surface area (Å²) >= 11 is 0. The molecule has 2 aromatic rings. The number of rotatable bonds is 6. The lowest BCUT2D eigenvalue weighted by Gasteiger charge is -2.16. The van der Waals surface area contributed by atoms with Crippen LogP contribution < -0.4 is 11.3 Å². The van der Waals surface area contributed by atoms with Crippen molar-refractivity contribution in [3.8, 4) is 0 Å². The lowest BCUT2D eigenvalue weighted by atomic mass is 9.97. The highest BCUT2D eigenvalue weighted by Gasteiger charge is 2.08. The second kappa shape index (κ2) is 6.34. The fourth-order valence-electron chi connectivity index (χ4n) is 2.30. The van der Waals surface area contributed by atoms with Gasteiger partial charge < -0.3 is 0 Å². The Morgan fingerprint density at radius 2 is 1.94 bits per heavy atom. The van der Waals surface area contributed by atoms with Gasteiger partial charge in [0.05, 0.1) is 0 Å². The Balaban J connectivity index is 2.22. The molecule has 0 saturated carbocycles. The molecule has 0 aliphatic carbocycles. The maximum atomic E-state index is 5.62. The molecule has 0 aliphatic rings. The summed E-state index contributed by atoms with van der Waals surface area (Å²) in [5, 5.41) is 2.60. The van der Waals surface area contributed by atoms with E-state index in [0.717, 1.165) is 19.3 Å². The smallest absolute Gasteiger partial charge is 0.0254 e. The average Bonchev–Trinajstić information content (AvgIpc) is 2.43. The number of nitrogens with two attached hydrogens (primary N) is 1. The molecule has 0 heterocycles. The van der Waals surface area contributed by atoms with Crippen LogP contribution in [-0.4, -0.2) is 6.04 Å². The number of fused-ring (bicyclic) bond motifs is 1. The zero-order chi connectivity index (χ0) is 12.8. The first kappa shape index (κ1) is 12.8. The monoisotopic (exact) mass is 240 g/mol. The van der Waals surface area contributed by atoms with E-state index in [-0.39, 0.29) is 0 Å². The first-order valence-corrected chi connectivity index (χ1v) is 6.39. The van der Waals surface area contributed by atoms with E-state index in [1.807, 2.05) is 6.08 Å². The van der Waals surface area contributed by atoms with Gasteiger partial charge in [-0.1, -0.05) is 48.5 Å². The molecule has 18 heavy (non-hydrogen) atoms. The van der Waals surface area contributed by atoms with Gasteiger partial charge in [-0.25, -0.2) is 0 Å². The molecule has 2 aromatic carbocycles. The third kappa shape index (κ3) is 2.97. The van der Waals surface area contributed by atoms with E-state index in [4.69, 9.17) is 5.84 Å². The van der Waals surface area contributed by atoms with Crippen molar-refractivity contribution < 1.29 is 0 Å². The first-order chi connectivity index (χ1) is 8.85. The van der Waals surface area contributed by atoms with E-state index >= 15 is 0 Å². The van der Waals surface area contributed by atoms with Gasteiger partial charge in [0, 0.05) is 6.04 Å². The van der Waals surface area contributed by atoms with Gasteiger partial charge in [0.2, 0.25) is 0 Å². The topological polar surface area (TPSA) is 38.0 Å². The van der Waals surface area contributed by atoms with Crippen LogP contribution in [0.15, 0.2) is 55.1 Å². The van der Waals surface area contributed by atoms with E-state index in [1.165, 1.54) is 16.3 Å². The molecule has 1 atom stereocenters. The van der Waals surface area contributed by atoms with Gasteiger partial charge in [-0.15, -0.1) is 6.58 Å². The summed E-state index contributed by atoms with van der Waals surface area (Å²) in [5.74, 6) is 5.62. The molecule has 0 radical (unpaired) electrons. The van der Waals surface area contributed by atoms with E-state index in [0.29, 0.717) is 6.04 Å². The SMILES string of the molecule is C=CCCC(Cc1cccc2ccccc12)NN. The molecule has 0 amide bonds. The molecule has 0 aliphatic heterocycles. The molecule has 94 valence electrons. The van der Waals surface area contributed by atoms with Crippen molar-refractivity contribution >= 4 is 10.8 Å². The van der Waals surface area contributed by atoms with E-state index < -0.39 is 0 Å². The van der Waals surface area contributed by atoms with Crippen LogP contribution in [0.3, 0.4) is 0 Å². The van der Waals surface area contributed by atoms with Crippen molar-refractivity contribution in [2.24, 2.45) is 5.84 Å². The zero-order valence-corrected chi connectivity index (χ0v) is 10.6. The second-order valence-electron chi connectivity index (χ2n) is 4.57. The van der Waals surface area contributed by atoms with Crippen LogP contribution >= 0.6 is 0 Å². The van der Waals surface area contributed by atoms with Crippen molar-refractivity contribution in [2.45, 2.75) is 25.3 Å². The largest absolute Gasteiger partial charge is 0.271 e. The van der Waals surface area contributed by atoms with Crippen molar-refractivity contribution in [3.05, 3.63) is 60.7 Å². The molecule has 1 unspecified atom stereocenters. The predicted molar refractivity (Wildman–Crippen MR) is 78.2 cm³/mol. The van der Waals surface area contributed by atoms with Gasteiger partial charge in [-0.3, -0.25) is 11.3 Å². The summed E-state index contributed by atoms with van der Waals surface area (Å²) in [4.78, 5) is 0. The summed E-state index contributed by atoms with van der Waals surface area (Å²) in [7, 11) is 0. The molecule has 0 bridgehead atoms. The Morgan fingerprint density at radius 3 is 2.72 bits per heavy atom. The number of hydrazine groups is 1. The van der Waals surface area contributed by atoms with Crippen molar-refractivity contribution in [1.82, 2.24) is 5.43 Å². The van der Waals surface area contributed by atoms with Crippen molar-refractivity contribution in [1.29, 1.82) is 0 Å². The highest BCUT2D eigenvalue weighted by molar-refractivity contribution is 5.85. The van der Waals surface area contributed by atoms with Crippen molar-refractivity contribution in [3.63, 3.8) is 0 Å². The summed E-state index contributed by atoms with van der Waals surface area (Å²) in [6.07, 6.45) is 4.89. The molecule has 2 heteroatoms. The highest BCUT2D eigenvalue weighted by atomic mass is 15.2. The summed E-state index contributed by atoms with van der Waals surface area (Å²) in [6, 6.07) is 15.2. The Hall–Kier alpha value is -1.64. The highest BCUT2D eigenvalue weighted by Crippen LogP contribution is 2.20. The van der Waals surface area contributed by atoms with Gasteiger partial charge in [-0.2, -0.15) is 0 Å². The van der Waals surface area contributed by atoms with E-state index in [1.54, 1.807) is 0 Å². The van der Waals surface area contributed by atoms with Crippen LogP contribution in [0.2, 0.25) is 0 Å². The summed E-state index contributed by atoms with van der Waals surface area (Å²) in [6.45, 7) is 3.76. The fraction of sp³-hybridized carbons (Fsp3) is 0.250. The van der Waals surface area contributed by atoms with Crippen molar-refractivity contribution in [2.75, 3.05) is 0 Å². The molecule has 0 aromatic heterocycles. The van der Waals surface area contributed by atoms with E-state index in [9.17, 15) is 0 Å². The van der Waals surface area contributed by atoms with E-state index in [2.05, 4.69) is 54.5 Å². The molecule has 0 spiro atoms. The van der Waals surface area contributed by atoms with Gasteiger partial charge in [0.1, 0.15) is 0 Å². The Morgan fingerprint density at radius 1 is 1.17 bits per heavy atom. The molecular weight excluding hydrogens is 220 g/mol. The normalized spacial score (nSPS) is 12.5. The van der Waals surface area contributed by atoms with Gasteiger partial charge >= 0.3 is 0 Å². The Kier molecular flexibility index (Phi) is 4.51. The minimum atomic E-state index is 0.300. The minimum absolute atomic E-state index is 0.300. The summed E-state index contributed by atoms with van der Waals surface area (Å²) < 4.78 is 0. The van der Waals surface area contributed by atoms with Crippen LogP contribution in [0.5, 0.6) is 0 Å². The molecular formula is C16H20N2. The second-order valence-corrected chi connectivity index (χ2v) is 4.57. The minimum Gasteiger partial charge on any atom is -0.271 e. The third-order valence-electron chi connectivity index (χ3n) is 3.30. The molecule has 2 rings (SSSR count). The Bertz CT molecular complexity index is 514. The average molecular weight is 240 g/mol. The van der Waals surface area contributed by atoms with Crippen LogP contribution in [0.4, 0.5) is 0 Å². The quantitative estimate of drug-likeness (QED) is 0.462. The summed E-state index contributed by atoms with van der Waals surface area (Å²) in [5.41, 5.74) is 4.25. The third-order valence-corrected chi connectivity index (χ3v) is 3.30. The van der Waals surface area contributed by atoms with Gasteiger partial charge in [0.25, 0.3) is 0 Å². The molecule has 0 saturated heterocycles. The lowest BCUT2D eigenvalue weighted by molar-refractivity contribution is 0.496. The van der Waals surface area contributed by atoms with Crippen LogP contribution in [0.25, 0.3) is 10.8 Å². The fourth-order valence-corrected chi connectivity index (χ4v) is 2.30. The van der Waals surface area contributed by atoms with Gasteiger partial charge in [0.15, 0.2) is 0 Å². The van der Waals surface area contributed by atoms with Crippen LogP contribution in [-0.2, 0) is 6.42 Å². The standard InChI is InChI=1S/C16H20N2/c1-2-3-10-15(18-17)12-14-9-6-8-13-7-4-5-11-16(13)14/h2,4-9,11,15,18H,1,3,10,12,17H2. The molecule has 0 fully saturated rings. The number of benzene rings is 2. The number of nitrogens with one attached hydrogen (secondary N) is 1. The van der Waals surface area contributed by atoms with Crippen LogP contribution in [0, 0.1) is 0 Å². The maximum absolute atomic E-state index is 5.62. The predicted octanol–water partition coefficient (Wildman–Crippen LogP) is 3.18. The lowest BCUT2D eigenvalue weighted by Crippen LogP contribution is -2.36. The van der Waals surface area contributed by atoms with Gasteiger partial charge in [-0.05, 0) is 35.6 Å². The Labute approximate surface area is 108 Å². The first-order valence-electron chi connectivity index (χ1n) is 6.39. The molecule has 2 nitrogen and oxygen atoms in total. The molecule has 3 N–H and O–H groups in total.